The van der Waals surface area contributed by atoms with Crippen molar-refractivity contribution in [1.29, 1.82) is 5.53 Å². The molecule has 0 saturated carbocycles. The Labute approximate surface area is 39.5 Å². The largest absolute Gasteiger partial charge is 0.350 e. The highest BCUT2D eigenvalue weighted by atomic mass is 16.2. The molecule has 0 aromatic rings. The van der Waals surface area contributed by atoms with Crippen molar-refractivity contribution in [2.45, 2.75) is 0 Å². The van der Waals surface area contributed by atoms with Crippen molar-refractivity contribution in [3.05, 3.63) is 0 Å². The van der Waals surface area contributed by atoms with Crippen LogP contribution in [0.1, 0.15) is 0 Å². The Bertz CT molecular complexity index is 78.1. The number of rotatable bonds is 1. The highest BCUT2D eigenvalue weighted by Gasteiger charge is 1.87. The van der Waals surface area contributed by atoms with Gasteiger partial charge in [0.2, 0.25) is 0 Å². The number of hydrogen-bond donors (Lipinski definition) is 4. The van der Waals surface area contributed by atoms with Gasteiger partial charge in [-0.15, -0.1) is 0 Å². The average molecular weight is 103 g/mol. The Hall–Kier alpha value is -1.17. The van der Waals surface area contributed by atoms with Gasteiger partial charge < -0.3 is 0 Å². The van der Waals surface area contributed by atoms with Crippen LogP contribution in [0.5, 0.6) is 0 Å². The molecule has 0 fully saturated rings. The minimum absolute atomic E-state index is 0.699. The zero-order chi connectivity index (χ0) is 5.70. The third-order valence-electron chi connectivity index (χ3n) is 0.289. The summed E-state index contributed by atoms with van der Waals surface area (Å²) >= 11 is 0. The van der Waals surface area contributed by atoms with E-state index in [0.717, 1.165) is 0 Å². The van der Waals surface area contributed by atoms with Crippen molar-refractivity contribution < 1.29 is 4.79 Å². The van der Waals surface area contributed by atoms with Crippen LogP contribution in [-0.4, -0.2) is 6.03 Å². The van der Waals surface area contributed by atoms with E-state index in [1.807, 2.05) is 0 Å². The number of nitrogens with zero attached hydrogens (tertiary/aromatic N) is 1. The minimum atomic E-state index is -0.699. The summed E-state index contributed by atoms with van der Waals surface area (Å²) < 4.78 is 0. The summed E-state index contributed by atoms with van der Waals surface area (Å²) in [7, 11) is 0. The highest BCUT2D eigenvalue weighted by Crippen LogP contribution is 1.54. The minimum Gasteiger partial charge on any atom is -0.274 e. The maximum absolute atomic E-state index is 9.85. The van der Waals surface area contributed by atoms with Gasteiger partial charge in [0.05, 0.1) is 0 Å². The zero-order valence-electron chi connectivity index (χ0n) is 3.43. The van der Waals surface area contributed by atoms with Crippen molar-refractivity contribution in [2.75, 3.05) is 0 Å². The van der Waals surface area contributed by atoms with E-state index in [0.29, 0.717) is 0 Å². The summed E-state index contributed by atoms with van der Waals surface area (Å²) in [5.74, 6) is 4.55. The molecule has 0 unspecified atom stereocenters. The third kappa shape index (κ3) is 2.64. The van der Waals surface area contributed by atoms with Crippen LogP contribution < -0.4 is 16.7 Å². The topological polar surface area (TPSA) is 103 Å². The molecule has 0 aliphatic rings. The van der Waals surface area contributed by atoms with Gasteiger partial charge in [0, 0.05) is 0 Å². The van der Waals surface area contributed by atoms with E-state index in [4.69, 9.17) is 5.53 Å². The number of nitrogens with two attached hydrogens (primary N) is 1. The van der Waals surface area contributed by atoms with Gasteiger partial charge in [-0.2, -0.15) is 5.53 Å². The first kappa shape index (κ1) is 5.83. The maximum Gasteiger partial charge on any atom is 0.350 e. The number of carbonyl (C=O) groups is 1. The monoisotopic (exact) mass is 103 g/mol. The van der Waals surface area contributed by atoms with Crippen LogP contribution in [0.2, 0.25) is 0 Å². The van der Waals surface area contributed by atoms with Crippen molar-refractivity contribution in [2.24, 2.45) is 11.1 Å². The molecule has 0 spiro atoms. The number of carbonyl (C=O) groups excluding carboxylic acids is 1. The lowest BCUT2D eigenvalue weighted by atomic mass is 11.1. The lowest BCUT2D eigenvalue weighted by molar-refractivity contribution is 0.240. The van der Waals surface area contributed by atoms with Gasteiger partial charge in [0.25, 0.3) is 0 Å². The second-order valence-electron chi connectivity index (χ2n) is 0.697. The quantitative estimate of drug-likeness (QED) is 0.149. The van der Waals surface area contributed by atoms with Crippen molar-refractivity contribution in [3.8, 4) is 0 Å². The van der Waals surface area contributed by atoms with Crippen LogP contribution in [0.3, 0.4) is 0 Å². The second kappa shape index (κ2) is 3.04. The fourth-order valence-corrected chi connectivity index (χ4v) is 0.0830. The van der Waals surface area contributed by atoms with Gasteiger partial charge in [-0.3, -0.25) is 5.43 Å². The van der Waals surface area contributed by atoms with Crippen LogP contribution in [-0.2, 0) is 0 Å². The van der Waals surface area contributed by atoms with Crippen molar-refractivity contribution in [1.82, 2.24) is 10.9 Å². The van der Waals surface area contributed by atoms with Crippen molar-refractivity contribution >= 4 is 6.03 Å². The molecule has 0 radical (unpaired) electrons. The zero-order valence-corrected chi connectivity index (χ0v) is 3.43. The molecule has 5 N–H and O–H groups in total. The SMILES string of the molecule is N=NNC(=O)NN. The molecule has 6 heteroatoms. The number of amides is 2. The second-order valence-corrected chi connectivity index (χ2v) is 0.697. The van der Waals surface area contributed by atoms with Crippen LogP contribution in [0, 0.1) is 5.53 Å². The molecule has 0 bridgehead atoms. The summed E-state index contributed by atoms with van der Waals surface area (Å²) in [6.07, 6.45) is 0. The molecule has 0 aliphatic carbocycles. The molecule has 0 atom stereocenters. The first-order valence-electron chi connectivity index (χ1n) is 1.44. The van der Waals surface area contributed by atoms with E-state index in [1.165, 1.54) is 0 Å². The van der Waals surface area contributed by atoms with Crippen LogP contribution in [0.4, 0.5) is 4.79 Å². The Kier molecular flexibility index (Phi) is 2.53. The predicted molar refractivity (Wildman–Crippen MR) is 21.0 cm³/mol. The van der Waals surface area contributed by atoms with Gasteiger partial charge in [0.15, 0.2) is 0 Å². The summed E-state index contributed by atoms with van der Waals surface area (Å²) in [5.41, 5.74) is 9.45. The van der Waals surface area contributed by atoms with Crippen LogP contribution in [0.25, 0.3) is 0 Å². The lowest BCUT2D eigenvalue weighted by Gasteiger charge is -1.90. The maximum atomic E-state index is 9.85. The average Bonchev–Trinajstić information content (AvgIpc) is 1.68. The van der Waals surface area contributed by atoms with Gasteiger partial charge in [-0.25, -0.2) is 16.1 Å². The van der Waals surface area contributed by atoms with Crippen molar-refractivity contribution in [3.63, 3.8) is 0 Å². The molecule has 7 heavy (non-hydrogen) atoms. The molecule has 40 valence electrons. The molecule has 0 heterocycles. The Balaban J connectivity index is 3.17. The molecule has 0 aliphatic heterocycles. The molecule has 0 rings (SSSR count). The van der Waals surface area contributed by atoms with Crippen LogP contribution in [0.15, 0.2) is 5.22 Å². The van der Waals surface area contributed by atoms with Gasteiger partial charge in [0.1, 0.15) is 0 Å². The Morgan fingerprint density at radius 1 is 1.86 bits per heavy atom. The van der Waals surface area contributed by atoms with E-state index >= 15 is 0 Å². The molecule has 0 saturated heterocycles. The Morgan fingerprint density at radius 2 is 2.43 bits per heavy atom. The number of hydrogen-bond acceptors (Lipinski definition) is 4. The smallest absolute Gasteiger partial charge is 0.274 e. The molecule has 0 aromatic heterocycles. The van der Waals surface area contributed by atoms with Gasteiger partial charge in [-0.1, -0.05) is 5.22 Å². The first-order valence-corrected chi connectivity index (χ1v) is 1.44. The standard InChI is InChI=1S/CH5N5O/c2-4-1(7)5-6-3/h2H2,(H3,3,4,5,7). The lowest BCUT2D eigenvalue weighted by Crippen LogP contribution is -2.36. The predicted octanol–water partition coefficient (Wildman–Crippen LogP) is -0.895. The number of nitrogens with one attached hydrogen (secondary N) is 3. The fourth-order valence-electron chi connectivity index (χ4n) is 0.0830. The highest BCUT2D eigenvalue weighted by molar-refractivity contribution is 5.72. The molecular weight excluding hydrogens is 98.0 g/mol. The van der Waals surface area contributed by atoms with E-state index in [-0.39, 0.29) is 0 Å². The van der Waals surface area contributed by atoms with Gasteiger partial charge >= 0.3 is 6.03 Å². The summed E-state index contributed by atoms with van der Waals surface area (Å²) in [6, 6.07) is -0.699. The van der Waals surface area contributed by atoms with E-state index < -0.39 is 6.03 Å². The number of urea groups is 1. The molecular formula is CH5N5O. The van der Waals surface area contributed by atoms with E-state index in [1.54, 1.807) is 10.9 Å². The normalized spacial score (nSPS) is 7.00. The van der Waals surface area contributed by atoms with Gasteiger partial charge in [-0.05, 0) is 0 Å². The molecule has 0 aromatic carbocycles. The summed E-state index contributed by atoms with van der Waals surface area (Å²) in [6.45, 7) is 0. The Morgan fingerprint density at radius 3 is 2.57 bits per heavy atom. The van der Waals surface area contributed by atoms with Crippen LogP contribution >= 0.6 is 0 Å². The van der Waals surface area contributed by atoms with E-state index in [2.05, 4.69) is 11.1 Å². The summed E-state index contributed by atoms with van der Waals surface area (Å²) in [5, 5.41) is 2.51. The van der Waals surface area contributed by atoms with E-state index in [9.17, 15) is 4.79 Å². The summed E-state index contributed by atoms with van der Waals surface area (Å²) in [4.78, 5) is 9.85. The third-order valence-corrected chi connectivity index (χ3v) is 0.289. The molecule has 2 amide bonds. The first-order chi connectivity index (χ1) is 3.31. The number of hydrazine groups is 1. The fraction of sp³-hybridized carbons (Fsp3) is 0. The molecule has 6 nitrogen and oxygen atoms in total.